The van der Waals surface area contributed by atoms with Gasteiger partial charge in [0, 0.05) is 17.4 Å². The Labute approximate surface area is 121 Å². The second-order valence-corrected chi connectivity index (χ2v) is 4.66. The van der Waals surface area contributed by atoms with Crippen LogP contribution >= 0.6 is 11.6 Å². The number of pyridine rings is 1. The van der Waals surface area contributed by atoms with E-state index in [1.165, 1.54) is 12.3 Å². The predicted molar refractivity (Wildman–Crippen MR) is 77.4 cm³/mol. The molecule has 2 aromatic rings. The Balaban J connectivity index is 2.13. The van der Waals surface area contributed by atoms with Crippen molar-refractivity contribution in [2.75, 3.05) is 5.32 Å². The highest BCUT2D eigenvalue weighted by Crippen LogP contribution is 2.22. The van der Waals surface area contributed by atoms with Crippen LogP contribution in [0, 0.1) is 5.82 Å². The standard InChI is InChI=1S/C15H14ClFN2O/c1-2-11-13(7-8-18-15(11)16)19-14(20)9-10-5-3-4-6-12(10)17/h3-8H,2,9H2,1H3,(H,18,19,20). The first-order valence-electron chi connectivity index (χ1n) is 6.28. The molecule has 1 heterocycles. The molecule has 1 amide bonds. The lowest BCUT2D eigenvalue weighted by atomic mass is 10.1. The van der Waals surface area contributed by atoms with Gasteiger partial charge in [0.1, 0.15) is 11.0 Å². The average Bonchev–Trinajstić information content (AvgIpc) is 2.42. The van der Waals surface area contributed by atoms with Crippen LogP contribution in [0.2, 0.25) is 5.15 Å². The van der Waals surface area contributed by atoms with E-state index in [0.29, 0.717) is 22.8 Å². The van der Waals surface area contributed by atoms with Crippen LogP contribution in [0.25, 0.3) is 0 Å². The summed E-state index contributed by atoms with van der Waals surface area (Å²) in [5, 5.41) is 3.12. The highest BCUT2D eigenvalue weighted by atomic mass is 35.5. The summed E-state index contributed by atoms with van der Waals surface area (Å²) in [6.45, 7) is 1.93. The second-order valence-electron chi connectivity index (χ2n) is 4.30. The van der Waals surface area contributed by atoms with Gasteiger partial charge in [0.05, 0.1) is 6.42 Å². The Morgan fingerprint density at radius 2 is 2.10 bits per heavy atom. The maximum absolute atomic E-state index is 13.5. The number of halogens is 2. The zero-order valence-corrected chi connectivity index (χ0v) is 11.7. The van der Waals surface area contributed by atoms with Gasteiger partial charge >= 0.3 is 0 Å². The van der Waals surface area contributed by atoms with Crippen molar-refractivity contribution in [3.05, 3.63) is 58.6 Å². The predicted octanol–water partition coefficient (Wildman–Crippen LogP) is 3.62. The van der Waals surface area contributed by atoms with E-state index >= 15 is 0 Å². The average molecular weight is 293 g/mol. The molecule has 2 rings (SSSR count). The van der Waals surface area contributed by atoms with Crippen molar-refractivity contribution in [1.82, 2.24) is 4.98 Å². The van der Waals surface area contributed by atoms with Crippen LogP contribution in [-0.2, 0) is 17.6 Å². The summed E-state index contributed by atoms with van der Waals surface area (Å²) >= 11 is 5.98. The molecule has 0 atom stereocenters. The van der Waals surface area contributed by atoms with Crippen molar-refractivity contribution < 1.29 is 9.18 Å². The second kappa shape index (κ2) is 6.48. The number of carbonyl (C=O) groups is 1. The fraction of sp³-hybridized carbons (Fsp3) is 0.200. The lowest BCUT2D eigenvalue weighted by molar-refractivity contribution is -0.115. The van der Waals surface area contributed by atoms with Gasteiger partial charge in [-0.05, 0) is 24.1 Å². The van der Waals surface area contributed by atoms with Crippen molar-refractivity contribution in [2.24, 2.45) is 0 Å². The molecular weight excluding hydrogens is 279 g/mol. The molecule has 0 fully saturated rings. The monoisotopic (exact) mass is 292 g/mol. The van der Waals surface area contributed by atoms with Crippen molar-refractivity contribution in [2.45, 2.75) is 19.8 Å². The van der Waals surface area contributed by atoms with Gasteiger partial charge in [0.15, 0.2) is 0 Å². The number of rotatable bonds is 4. The van der Waals surface area contributed by atoms with E-state index in [1.807, 2.05) is 6.92 Å². The quantitative estimate of drug-likeness (QED) is 0.875. The number of nitrogens with zero attached hydrogens (tertiary/aromatic N) is 1. The number of hydrogen-bond donors (Lipinski definition) is 1. The molecule has 0 aliphatic carbocycles. The molecule has 0 radical (unpaired) electrons. The van der Waals surface area contributed by atoms with Gasteiger partial charge in [0.2, 0.25) is 5.91 Å². The summed E-state index contributed by atoms with van der Waals surface area (Å²) in [5.41, 5.74) is 1.76. The highest BCUT2D eigenvalue weighted by Gasteiger charge is 2.11. The van der Waals surface area contributed by atoms with Crippen LogP contribution < -0.4 is 5.32 Å². The summed E-state index contributed by atoms with van der Waals surface area (Å²) in [6.07, 6.45) is 2.16. The molecule has 20 heavy (non-hydrogen) atoms. The Hall–Kier alpha value is -1.94. The SMILES string of the molecule is CCc1c(NC(=O)Cc2ccccc2F)ccnc1Cl. The lowest BCUT2D eigenvalue weighted by Gasteiger charge is -2.11. The van der Waals surface area contributed by atoms with E-state index in [2.05, 4.69) is 10.3 Å². The van der Waals surface area contributed by atoms with E-state index in [9.17, 15) is 9.18 Å². The van der Waals surface area contributed by atoms with Gasteiger partial charge in [-0.1, -0.05) is 36.7 Å². The minimum Gasteiger partial charge on any atom is -0.325 e. The number of aromatic nitrogens is 1. The molecule has 0 aliphatic heterocycles. The molecule has 0 aliphatic rings. The molecular formula is C15H14ClFN2O. The number of amides is 1. The largest absolute Gasteiger partial charge is 0.325 e. The minimum atomic E-state index is -0.383. The fourth-order valence-corrected chi connectivity index (χ4v) is 2.22. The van der Waals surface area contributed by atoms with Crippen molar-refractivity contribution in [1.29, 1.82) is 0 Å². The summed E-state index contributed by atoms with van der Waals surface area (Å²) < 4.78 is 13.5. The van der Waals surface area contributed by atoms with Crippen molar-refractivity contribution in [3.8, 4) is 0 Å². The molecule has 0 saturated heterocycles. The Bertz CT molecular complexity index is 631. The van der Waals surface area contributed by atoms with Gasteiger partial charge < -0.3 is 5.32 Å². The third-order valence-electron chi connectivity index (χ3n) is 2.94. The number of carbonyl (C=O) groups excluding carboxylic acids is 1. The van der Waals surface area contributed by atoms with Gasteiger partial charge in [-0.2, -0.15) is 0 Å². The molecule has 1 aromatic heterocycles. The van der Waals surface area contributed by atoms with Crippen LogP contribution in [0.1, 0.15) is 18.1 Å². The van der Waals surface area contributed by atoms with Crippen molar-refractivity contribution in [3.63, 3.8) is 0 Å². The smallest absolute Gasteiger partial charge is 0.228 e. The minimum absolute atomic E-state index is 0.0181. The summed E-state index contributed by atoms with van der Waals surface area (Å²) in [4.78, 5) is 15.9. The number of benzene rings is 1. The molecule has 5 heteroatoms. The van der Waals surface area contributed by atoms with E-state index in [1.54, 1.807) is 24.3 Å². The number of nitrogens with one attached hydrogen (secondary N) is 1. The molecule has 0 bridgehead atoms. The van der Waals surface area contributed by atoms with E-state index in [0.717, 1.165) is 5.56 Å². The summed E-state index contributed by atoms with van der Waals surface area (Å²) in [7, 11) is 0. The normalized spacial score (nSPS) is 10.3. The first-order chi connectivity index (χ1) is 9.61. The van der Waals surface area contributed by atoms with Gasteiger partial charge in [-0.25, -0.2) is 9.37 Å². The number of anilines is 1. The third kappa shape index (κ3) is 3.33. The Kier molecular flexibility index (Phi) is 4.69. The van der Waals surface area contributed by atoms with E-state index < -0.39 is 0 Å². The summed E-state index contributed by atoms with van der Waals surface area (Å²) in [5.74, 6) is -0.668. The molecule has 1 N–H and O–H groups in total. The molecule has 0 unspecified atom stereocenters. The van der Waals surface area contributed by atoms with Crippen LogP contribution in [0.3, 0.4) is 0 Å². The third-order valence-corrected chi connectivity index (χ3v) is 3.27. The Morgan fingerprint density at radius 1 is 1.35 bits per heavy atom. The molecule has 3 nitrogen and oxygen atoms in total. The van der Waals surface area contributed by atoms with Crippen LogP contribution in [0.4, 0.5) is 10.1 Å². The molecule has 1 aromatic carbocycles. The summed E-state index contributed by atoms with van der Waals surface area (Å²) in [6, 6.07) is 7.91. The van der Waals surface area contributed by atoms with Crippen LogP contribution in [0.15, 0.2) is 36.5 Å². The molecule has 0 saturated carbocycles. The first-order valence-corrected chi connectivity index (χ1v) is 6.66. The fourth-order valence-electron chi connectivity index (χ4n) is 1.93. The Morgan fingerprint density at radius 3 is 2.80 bits per heavy atom. The number of hydrogen-bond acceptors (Lipinski definition) is 2. The zero-order valence-electron chi connectivity index (χ0n) is 11.0. The molecule has 104 valence electrons. The van der Waals surface area contributed by atoms with Gasteiger partial charge in [0.25, 0.3) is 0 Å². The lowest BCUT2D eigenvalue weighted by Crippen LogP contribution is -2.16. The highest BCUT2D eigenvalue weighted by molar-refractivity contribution is 6.30. The topological polar surface area (TPSA) is 42.0 Å². The van der Waals surface area contributed by atoms with Gasteiger partial charge in [-0.3, -0.25) is 4.79 Å². The first kappa shape index (κ1) is 14.5. The van der Waals surface area contributed by atoms with Crippen molar-refractivity contribution >= 4 is 23.2 Å². The maximum Gasteiger partial charge on any atom is 0.228 e. The van der Waals surface area contributed by atoms with E-state index in [-0.39, 0.29) is 18.1 Å². The van der Waals surface area contributed by atoms with Crippen LogP contribution in [-0.4, -0.2) is 10.9 Å². The van der Waals surface area contributed by atoms with E-state index in [4.69, 9.17) is 11.6 Å². The van der Waals surface area contributed by atoms with Crippen LogP contribution in [0.5, 0.6) is 0 Å². The zero-order chi connectivity index (χ0) is 14.5. The van der Waals surface area contributed by atoms with Gasteiger partial charge in [-0.15, -0.1) is 0 Å². The maximum atomic E-state index is 13.5. The molecule has 0 spiro atoms.